The Morgan fingerprint density at radius 2 is 2.23 bits per heavy atom. The summed E-state index contributed by atoms with van der Waals surface area (Å²) in [7, 11) is 0. The highest BCUT2D eigenvalue weighted by molar-refractivity contribution is 7.15. The Labute approximate surface area is 134 Å². The van der Waals surface area contributed by atoms with Gasteiger partial charge in [-0.1, -0.05) is 22.9 Å². The summed E-state index contributed by atoms with van der Waals surface area (Å²) in [5.74, 6) is -0.378. The predicted octanol–water partition coefficient (Wildman–Crippen LogP) is 2.04. The average molecular weight is 342 g/mol. The Bertz CT molecular complexity index is 706. The van der Waals surface area contributed by atoms with Crippen molar-refractivity contribution in [3.63, 3.8) is 0 Å². The highest BCUT2D eigenvalue weighted by atomic mass is 35.5. The molecular weight excluding hydrogens is 330 g/mol. The standard InChI is InChI=1S/C12H12ClN5O3S/c13-9-6-7(18(20)21)3-4-8(9)11(19)15-5-1-2-10-16-17-12(14)22-10/h3-4,6H,1-2,5H2,(H2,14,17)(H,15,19). The van der Waals surface area contributed by atoms with Crippen molar-refractivity contribution in [2.75, 3.05) is 12.3 Å². The molecule has 0 bridgehead atoms. The minimum Gasteiger partial charge on any atom is -0.374 e. The molecule has 1 aromatic heterocycles. The van der Waals surface area contributed by atoms with E-state index in [0.29, 0.717) is 24.5 Å². The van der Waals surface area contributed by atoms with Gasteiger partial charge in [0.25, 0.3) is 11.6 Å². The minimum absolute atomic E-state index is 0.0450. The molecule has 8 nitrogen and oxygen atoms in total. The molecule has 2 aromatic rings. The number of aromatic nitrogens is 2. The molecule has 116 valence electrons. The van der Waals surface area contributed by atoms with E-state index >= 15 is 0 Å². The highest BCUT2D eigenvalue weighted by Gasteiger charge is 2.14. The van der Waals surface area contributed by atoms with Crippen LogP contribution < -0.4 is 11.1 Å². The molecule has 2 rings (SSSR count). The number of carbonyl (C=O) groups is 1. The number of non-ortho nitro benzene ring substituents is 1. The van der Waals surface area contributed by atoms with Gasteiger partial charge < -0.3 is 11.1 Å². The van der Waals surface area contributed by atoms with Gasteiger partial charge in [0.05, 0.1) is 15.5 Å². The van der Waals surface area contributed by atoms with E-state index in [-0.39, 0.29) is 22.2 Å². The molecule has 3 N–H and O–H groups in total. The number of nitrogens with zero attached hydrogens (tertiary/aromatic N) is 3. The summed E-state index contributed by atoms with van der Waals surface area (Å²) < 4.78 is 0. The lowest BCUT2D eigenvalue weighted by molar-refractivity contribution is -0.384. The van der Waals surface area contributed by atoms with E-state index in [0.717, 1.165) is 11.1 Å². The topological polar surface area (TPSA) is 124 Å². The van der Waals surface area contributed by atoms with Crippen LogP contribution in [-0.2, 0) is 6.42 Å². The second-order valence-electron chi connectivity index (χ2n) is 4.31. The third kappa shape index (κ3) is 4.12. The number of nitrogens with two attached hydrogens (primary N) is 1. The highest BCUT2D eigenvalue weighted by Crippen LogP contribution is 2.22. The summed E-state index contributed by atoms with van der Waals surface area (Å²) in [5.41, 5.74) is 5.51. The molecule has 0 aliphatic carbocycles. The van der Waals surface area contributed by atoms with Gasteiger partial charge in [-0.05, 0) is 12.5 Å². The quantitative estimate of drug-likeness (QED) is 0.470. The van der Waals surface area contributed by atoms with E-state index in [4.69, 9.17) is 17.3 Å². The lowest BCUT2D eigenvalue weighted by Crippen LogP contribution is -2.25. The maximum atomic E-state index is 12.0. The van der Waals surface area contributed by atoms with Gasteiger partial charge in [-0.25, -0.2) is 0 Å². The molecule has 1 heterocycles. The van der Waals surface area contributed by atoms with Crippen LogP contribution in [0.25, 0.3) is 0 Å². The number of nitrogens with one attached hydrogen (secondary N) is 1. The van der Waals surface area contributed by atoms with Gasteiger partial charge in [0.1, 0.15) is 5.01 Å². The number of benzene rings is 1. The molecular formula is C12H12ClN5O3S. The molecule has 10 heteroatoms. The predicted molar refractivity (Wildman–Crippen MR) is 83.1 cm³/mol. The van der Waals surface area contributed by atoms with E-state index in [9.17, 15) is 14.9 Å². The van der Waals surface area contributed by atoms with Crippen molar-refractivity contribution in [1.82, 2.24) is 15.5 Å². The maximum absolute atomic E-state index is 12.0. The summed E-state index contributed by atoms with van der Waals surface area (Å²) >= 11 is 7.19. The lowest BCUT2D eigenvalue weighted by atomic mass is 10.2. The van der Waals surface area contributed by atoms with Crippen LogP contribution in [0.15, 0.2) is 18.2 Å². The Kier molecular flexibility index (Phi) is 5.23. The Hall–Kier alpha value is -2.26. The van der Waals surface area contributed by atoms with E-state index in [1.165, 1.54) is 23.5 Å². The number of hydrogen-bond donors (Lipinski definition) is 2. The molecule has 0 aliphatic heterocycles. The number of hydrogen-bond acceptors (Lipinski definition) is 7. The third-order valence-corrected chi connectivity index (χ3v) is 3.87. The van der Waals surface area contributed by atoms with Crippen LogP contribution in [0, 0.1) is 10.1 Å². The summed E-state index contributed by atoms with van der Waals surface area (Å²) in [4.78, 5) is 22.0. The number of halogens is 1. The molecule has 0 aliphatic rings. The first-order valence-corrected chi connectivity index (χ1v) is 7.47. The maximum Gasteiger partial charge on any atom is 0.270 e. The van der Waals surface area contributed by atoms with E-state index in [2.05, 4.69) is 15.5 Å². The van der Waals surface area contributed by atoms with Gasteiger partial charge in [-0.3, -0.25) is 14.9 Å². The van der Waals surface area contributed by atoms with Crippen LogP contribution in [0.2, 0.25) is 5.02 Å². The number of anilines is 1. The number of nitrogen functional groups attached to an aromatic ring is 1. The van der Waals surface area contributed by atoms with Crippen molar-refractivity contribution in [3.8, 4) is 0 Å². The smallest absolute Gasteiger partial charge is 0.270 e. The van der Waals surface area contributed by atoms with Gasteiger partial charge in [-0.2, -0.15) is 0 Å². The van der Waals surface area contributed by atoms with Crippen molar-refractivity contribution < 1.29 is 9.72 Å². The fourth-order valence-corrected chi connectivity index (χ4v) is 2.62. The fraction of sp³-hybridized carbons (Fsp3) is 0.250. The number of nitro benzene ring substituents is 1. The van der Waals surface area contributed by atoms with Gasteiger partial charge in [0, 0.05) is 25.1 Å². The lowest BCUT2D eigenvalue weighted by Gasteiger charge is -2.06. The molecule has 0 unspecified atom stereocenters. The molecule has 1 amide bonds. The first-order valence-electron chi connectivity index (χ1n) is 6.27. The van der Waals surface area contributed by atoms with Gasteiger partial charge in [-0.15, -0.1) is 10.2 Å². The summed E-state index contributed by atoms with van der Waals surface area (Å²) in [6.07, 6.45) is 1.33. The van der Waals surface area contributed by atoms with Gasteiger partial charge in [0.2, 0.25) is 5.13 Å². The summed E-state index contributed by atoms with van der Waals surface area (Å²) in [5, 5.41) is 22.1. The second-order valence-corrected chi connectivity index (χ2v) is 5.82. The molecule has 1 aromatic carbocycles. The van der Waals surface area contributed by atoms with Crippen LogP contribution in [0.5, 0.6) is 0 Å². The van der Waals surface area contributed by atoms with Crippen molar-refractivity contribution in [3.05, 3.63) is 43.9 Å². The van der Waals surface area contributed by atoms with E-state index < -0.39 is 4.92 Å². The van der Waals surface area contributed by atoms with Crippen molar-refractivity contribution in [2.24, 2.45) is 0 Å². The van der Waals surface area contributed by atoms with Crippen LogP contribution in [0.1, 0.15) is 21.8 Å². The zero-order valence-corrected chi connectivity index (χ0v) is 12.9. The third-order valence-electron chi connectivity index (χ3n) is 2.74. The Balaban J connectivity index is 1.85. The zero-order valence-electron chi connectivity index (χ0n) is 11.3. The van der Waals surface area contributed by atoms with Crippen LogP contribution in [-0.4, -0.2) is 27.6 Å². The molecule has 0 saturated heterocycles. The average Bonchev–Trinajstić information content (AvgIpc) is 2.88. The molecule has 0 spiro atoms. The minimum atomic E-state index is -0.568. The zero-order chi connectivity index (χ0) is 16.1. The second kappa shape index (κ2) is 7.14. The van der Waals surface area contributed by atoms with E-state index in [1.54, 1.807) is 0 Å². The number of carbonyl (C=O) groups excluding carboxylic acids is 1. The van der Waals surface area contributed by atoms with E-state index in [1.807, 2.05) is 0 Å². The SMILES string of the molecule is Nc1nnc(CCCNC(=O)c2ccc([N+](=O)[O-])cc2Cl)s1. The number of amides is 1. The Morgan fingerprint density at radius 3 is 2.82 bits per heavy atom. The summed E-state index contributed by atoms with van der Waals surface area (Å²) in [6.45, 7) is 0.422. The number of aryl methyl sites for hydroxylation is 1. The summed E-state index contributed by atoms with van der Waals surface area (Å²) in [6, 6.07) is 3.73. The number of rotatable bonds is 6. The fourth-order valence-electron chi connectivity index (χ4n) is 1.71. The Morgan fingerprint density at radius 1 is 1.45 bits per heavy atom. The van der Waals surface area contributed by atoms with Crippen molar-refractivity contribution in [1.29, 1.82) is 0 Å². The van der Waals surface area contributed by atoms with Crippen molar-refractivity contribution in [2.45, 2.75) is 12.8 Å². The number of nitro groups is 1. The molecule has 0 atom stereocenters. The normalized spacial score (nSPS) is 10.4. The largest absolute Gasteiger partial charge is 0.374 e. The molecule has 0 fully saturated rings. The first-order chi connectivity index (χ1) is 10.5. The van der Waals surface area contributed by atoms with Crippen LogP contribution in [0.4, 0.5) is 10.8 Å². The molecule has 0 radical (unpaired) electrons. The van der Waals surface area contributed by atoms with Crippen LogP contribution >= 0.6 is 22.9 Å². The van der Waals surface area contributed by atoms with Crippen molar-refractivity contribution >= 4 is 39.7 Å². The first kappa shape index (κ1) is 16.1. The molecule has 22 heavy (non-hydrogen) atoms. The van der Waals surface area contributed by atoms with Crippen LogP contribution in [0.3, 0.4) is 0 Å². The monoisotopic (exact) mass is 341 g/mol. The molecule has 0 saturated carbocycles. The van der Waals surface area contributed by atoms with Gasteiger partial charge in [0.15, 0.2) is 0 Å². The van der Waals surface area contributed by atoms with Gasteiger partial charge >= 0.3 is 0 Å².